The fourth-order valence-corrected chi connectivity index (χ4v) is 4.15. The van der Waals surface area contributed by atoms with Crippen LogP contribution in [-0.2, 0) is 9.53 Å². The normalized spacial score (nSPS) is 38.8. The molecule has 2 aliphatic carbocycles. The van der Waals surface area contributed by atoms with Gasteiger partial charge in [0.05, 0.1) is 5.57 Å². The molecule has 1 aliphatic heterocycles. The lowest BCUT2D eigenvalue weighted by Crippen LogP contribution is -2.44. The predicted octanol–water partition coefficient (Wildman–Crippen LogP) is 3.24. The predicted molar refractivity (Wildman–Crippen MR) is 66.4 cm³/mol. The summed E-state index contributed by atoms with van der Waals surface area (Å²) in [7, 11) is 0. The van der Waals surface area contributed by atoms with E-state index in [1.165, 1.54) is 24.8 Å². The fourth-order valence-electron chi connectivity index (χ4n) is 4.15. The zero-order valence-corrected chi connectivity index (χ0v) is 10.9. The molecule has 92 valence electrons. The molecule has 0 aromatic carbocycles. The molecule has 0 N–H and O–H groups in total. The molecule has 3 aliphatic rings. The number of fused-ring (bicyclic) bond motifs is 2. The number of rotatable bonds is 0. The van der Waals surface area contributed by atoms with Crippen molar-refractivity contribution in [2.45, 2.75) is 40.0 Å². The van der Waals surface area contributed by atoms with E-state index in [2.05, 4.69) is 26.8 Å². The summed E-state index contributed by atoms with van der Waals surface area (Å²) in [4.78, 5) is 11.7. The van der Waals surface area contributed by atoms with Crippen LogP contribution in [0.15, 0.2) is 23.3 Å². The van der Waals surface area contributed by atoms with Crippen LogP contribution in [0.25, 0.3) is 0 Å². The summed E-state index contributed by atoms with van der Waals surface area (Å²) >= 11 is 0. The third-order valence-electron chi connectivity index (χ3n) is 5.08. The summed E-state index contributed by atoms with van der Waals surface area (Å²) in [5.41, 5.74) is 2.55. The van der Waals surface area contributed by atoms with Crippen LogP contribution in [-0.4, -0.2) is 12.6 Å². The second-order valence-corrected chi connectivity index (χ2v) is 6.56. The van der Waals surface area contributed by atoms with Gasteiger partial charge in [-0.15, -0.1) is 0 Å². The first-order valence-corrected chi connectivity index (χ1v) is 6.54. The number of ether oxygens (including phenoxy) is 1. The highest BCUT2D eigenvalue weighted by Crippen LogP contribution is 2.58. The monoisotopic (exact) mass is 232 g/mol. The fraction of sp³-hybridized carbons (Fsp3) is 0.667. The Bertz CT molecular complexity index is 442. The van der Waals surface area contributed by atoms with Gasteiger partial charge in [-0.1, -0.05) is 39.3 Å². The topological polar surface area (TPSA) is 26.3 Å². The third kappa shape index (κ3) is 1.36. The first-order chi connectivity index (χ1) is 7.95. The van der Waals surface area contributed by atoms with Crippen LogP contribution in [0.5, 0.6) is 0 Å². The zero-order chi connectivity index (χ0) is 12.3. The summed E-state index contributed by atoms with van der Waals surface area (Å²) in [5, 5.41) is 0. The minimum atomic E-state index is -0.126. The number of allylic oxidation sites excluding steroid dienone is 1. The molecule has 0 amide bonds. The smallest absolute Gasteiger partial charge is 0.338 e. The molecule has 17 heavy (non-hydrogen) atoms. The van der Waals surface area contributed by atoms with Crippen molar-refractivity contribution in [2.75, 3.05) is 6.61 Å². The Morgan fingerprint density at radius 2 is 2.06 bits per heavy atom. The minimum Gasteiger partial charge on any atom is -0.458 e. The summed E-state index contributed by atoms with van der Waals surface area (Å²) in [6, 6.07) is 0. The molecule has 3 rings (SSSR count). The van der Waals surface area contributed by atoms with Crippen molar-refractivity contribution in [2.24, 2.45) is 16.7 Å². The quantitative estimate of drug-likeness (QED) is 0.599. The number of hydrogen-bond acceptors (Lipinski definition) is 2. The maximum absolute atomic E-state index is 11.7. The van der Waals surface area contributed by atoms with Gasteiger partial charge in [0, 0.05) is 0 Å². The molecule has 2 atom stereocenters. The lowest BCUT2D eigenvalue weighted by molar-refractivity contribution is -0.135. The molecule has 0 bridgehead atoms. The third-order valence-corrected chi connectivity index (χ3v) is 5.08. The number of carbonyl (C=O) groups is 1. The van der Waals surface area contributed by atoms with Crippen LogP contribution in [0.4, 0.5) is 0 Å². The summed E-state index contributed by atoms with van der Waals surface area (Å²) in [5.74, 6) is 0.413. The SMILES string of the molecule is CC1(C)CCC[C@]2(C)C3=C(C=C[C@H]12)C(=O)OC3. The standard InChI is InChI=1S/C15H20O2/c1-14(2)7-4-8-15(3)11-9-17-13(16)10(11)5-6-12(14)15/h5-6,12H,4,7-9H2,1-3H3/t12-,15-/m1/s1. The van der Waals surface area contributed by atoms with Crippen LogP contribution in [0.2, 0.25) is 0 Å². The molecule has 2 nitrogen and oxygen atoms in total. The molecule has 0 spiro atoms. The van der Waals surface area contributed by atoms with Crippen molar-refractivity contribution in [3.63, 3.8) is 0 Å². The van der Waals surface area contributed by atoms with Crippen molar-refractivity contribution in [3.05, 3.63) is 23.3 Å². The van der Waals surface area contributed by atoms with Gasteiger partial charge >= 0.3 is 5.97 Å². The second-order valence-electron chi connectivity index (χ2n) is 6.56. The minimum absolute atomic E-state index is 0.126. The Kier molecular flexibility index (Phi) is 2.11. The van der Waals surface area contributed by atoms with Crippen LogP contribution in [0.3, 0.4) is 0 Å². The highest BCUT2D eigenvalue weighted by atomic mass is 16.5. The second kappa shape index (κ2) is 3.24. The average Bonchev–Trinajstić information content (AvgIpc) is 2.60. The molecule has 1 fully saturated rings. The highest BCUT2D eigenvalue weighted by Gasteiger charge is 2.51. The Morgan fingerprint density at radius 3 is 2.82 bits per heavy atom. The van der Waals surface area contributed by atoms with Gasteiger partial charge in [0.1, 0.15) is 6.61 Å². The lowest BCUT2D eigenvalue weighted by atomic mass is 9.52. The van der Waals surface area contributed by atoms with Gasteiger partial charge in [-0.05, 0) is 35.2 Å². The largest absolute Gasteiger partial charge is 0.458 e. The van der Waals surface area contributed by atoms with E-state index in [-0.39, 0.29) is 11.4 Å². The van der Waals surface area contributed by atoms with Crippen LogP contribution in [0.1, 0.15) is 40.0 Å². The van der Waals surface area contributed by atoms with Gasteiger partial charge in [0.25, 0.3) is 0 Å². The van der Waals surface area contributed by atoms with E-state index in [0.717, 1.165) is 5.57 Å². The molecule has 0 unspecified atom stereocenters. The molecule has 0 saturated heterocycles. The van der Waals surface area contributed by atoms with E-state index in [1.807, 2.05) is 6.08 Å². The molecule has 0 aromatic rings. The summed E-state index contributed by atoms with van der Waals surface area (Å²) < 4.78 is 5.22. The van der Waals surface area contributed by atoms with E-state index < -0.39 is 0 Å². The maximum atomic E-state index is 11.7. The van der Waals surface area contributed by atoms with Gasteiger partial charge in [-0.25, -0.2) is 4.79 Å². The average molecular weight is 232 g/mol. The number of esters is 1. The maximum Gasteiger partial charge on any atom is 0.338 e. The lowest BCUT2D eigenvalue weighted by Gasteiger charge is -2.51. The molecule has 0 radical (unpaired) electrons. The zero-order valence-electron chi connectivity index (χ0n) is 10.9. The number of hydrogen-bond donors (Lipinski definition) is 0. The van der Waals surface area contributed by atoms with Gasteiger partial charge in [0.2, 0.25) is 0 Å². The van der Waals surface area contributed by atoms with Gasteiger partial charge in [-0.3, -0.25) is 0 Å². The van der Waals surface area contributed by atoms with Crippen LogP contribution < -0.4 is 0 Å². The van der Waals surface area contributed by atoms with E-state index in [9.17, 15) is 4.79 Å². The van der Waals surface area contributed by atoms with Crippen molar-refractivity contribution >= 4 is 5.97 Å². The van der Waals surface area contributed by atoms with Gasteiger partial charge in [0.15, 0.2) is 0 Å². The molecule has 0 aromatic heterocycles. The first-order valence-electron chi connectivity index (χ1n) is 6.54. The van der Waals surface area contributed by atoms with E-state index >= 15 is 0 Å². The van der Waals surface area contributed by atoms with Gasteiger partial charge < -0.3 is 4.74 Å². The van der Waals surface area contributed by atoms with Crippen molar-refractivity contribution in [1.29, 1.82) is 0 Å². The molecule has 1 heterocycles. The van der Waals surface area contributed by atoms with E-state index in [0.29, 0.717) is 17.9 Å². The highest BCUT2D eigenvalue weighted by molar-refractivity contribution is 5.95. The van der Waals surface area contributed by atoms with E-state index in [1.54, 1.807) is 0 Å². The Balaban J connectivity index is 2.09. The first kappa shape index (κ1) is 11.1. The van der Waals surface area contributed by atoms with Crippen LogP contribution >= 0.6 is 0 Å². The van der Waals surface area contributed by atoms with Crippen molar-refractivity contribution < 1.29 is 9.53 Å². The Morgan fingerprint density at radius 1 is 1.29 bits per heavy atom. The molecular formula is C15H20O2. The Hall–Kier alpha value is -1.05. The number of cyclic esters (lactones) is 1. The molecular weight excluding hydrogens is 212 g/mol. The van der Waals surface area contributed by atoms with Crippen molar-refractivity contribution in [3.8, 4) is 0 Å². The summed E-state index contributed by atoms with van der Waals surface area (Å²) in [6.45, 7) is 7.53. The van der Waals surface area contributed by atoms with Crippen molar-refractivity contribution in [1.82, 2.24) is 0 Å². The molecule has 2 heteroatoms. The van der Waals surface area contributed by atoms with Gasteiger partial charge in [-0.2, -0.15) is 0 Å². The van der Waals surface area contributed by atoms with E-state index in [4.69, 9.17) is 4.74 Å². The number of carbonyl (C=O) groups excluding carboxylic acids is 1. The van der Waals surface area contributed by atoms with Crippen LogP contribution in [0, 0.1) is 16.7 Å². The Labute approximate surface area is 103 Å². The summed E-state index contributed by atoms with van der Waals surface area (Å²) in [6.07, 6.45) is 7.96. The molecule has 1 saturated carbocycles.